The van der Waals surface area contributed by atoms with Crippen molar-refractivity contribution in [1.82, 2.24) is 19.3 Å². The predicted octanol–water partition coefficient (Wildman–Crippen LogP) is 3.89. The van der Waals surface area contributed by atoms with Crippen LogP contribution in [-0.2, 0) is 0 Å². The highest BCUT2D eigenvalue weighted by molar-refractivity contribution is 5.93. The van der Waals surface area contributed by atoms with Crippen LogP contribution in [0.15, 0.2) is 48.9 Å². The number of hydrogen-bond donors (Lipinski definition) is 0. The number of aromatic nitrogens is 3. The Bertz CT molecular complexity index is 1080. The molecule has 0 bridgehead atoms. The number of carbonyl (C=O) groups is 1. The molecule has 3 aromatic rings. The van der Waals surface area contributed by atoms with E-state index in [1.807, 2.05) is 4.90 Å². The first-order chi connectivity index (χ1) is 14.4. The third-order valence-electron chi connectivity index (χ3n) is 6.13. The van der Waals surface area contributed by atoms with Crippen LogP contribution in [0.2, 0.25) is 0 Å². The predicted molar refractivity (Wildman–Crippen MR) is 101 cm³/mol. The maximum Gasteiger partial charge on any atom is 0.573 e. The van der Waals surface area contributed by atoms with Gasteiger partial charge in [-0.05, 0) is 48.3 Å². The minimum Gasteiger partial charge on any atom is -0.405 e. The van der Waals surface area contributed by atoms with Crippen molar-refractivity contribution in [2.45, 2.75) is 25.1 Å². The van der Waals surface area contributed by atoms with Gasteiger partial charge in [0.1, 0.15) is 11.4 Å². The van der Waals surface area contributed by atoms with E-state index in [2.05, 4.69) is 14.7 Å². The van der Waals surface area contributed by atoms with E-state index in [9.17, 15) is 18.0 Å². The van der Waals surface area contributed by atoms with Crippen molar-refractivity contribution in [3.8, 4) is 5.75 Å². The first kappa shape index (κ1) is 18.9. The van der Waals surface area contributed by atoms with E-state index in [0.717, 1.165) is 12.8 Å². The van der Waals surface area contributed by atoms with Crippen molar-refractivity contribution in [1.29, 1.82) is 0 Å². The first-order valence-corrected chi connectivity index (χ1v) is 9.81. The fourth-order valence-electron chi connectivity index (χ4n) is 4.90. The van der Waals surface area contributed by atoms with Crippen molar-refractivity contribution in [3.05, 3.63) is 60.2 Å². The van der Waals surface area contributed by atoms with Crippen molar-refractivity contribution in [2.24, 2.45) is 11.8 Å². The van der Waals surface area contributed by atoms with Gasteiger partial charge in [0.15, 0.2) is 0 Å². The zero-order valence-electron chi connectivity index (χ0n) is 15.9. The molecule has 6 nitrogen and oxygen atoms in total. The Morgan fingerprint density at radius 2 is 1.80 bits per heavy atom. The molecule has 3 heterocycles. The summed E-state index contributed by atoms with van der Waals surface area (Å²) < 4.78 is 44.1. The summed E-state index contributed by atoms with van der Waals surface area (Å²) in [5, 5.41) is 0. The highest BCUT2D eigenvalue weighted by Crippen LogP contribution is 2.48. The number of imidazole rings is 1. The smallest absolute Gasteiger partial charge is 0.405 e. The maximum atomic E-state index is 13.0. The lowest BCUT2D eigenvalue weighted by Crippen LogP contribution is -2.30. The quantitative estimate of drug-likeness (QED) is 0.650. The van der Waals surface area contributed by atoms with Crippen LogP contribution in [0.5, 0.6) is 5.75 Å². The molecule has 30 heavy (non-hydrogen) atoms. The number of hydrogen-bond acceptors (Lipinski definition) is 4. The number of halogens is 3. The third-order valence-corrected chi connectivity index (χ3v) is 6.13. The second-order valence-corrected chi connectivity index (χ2v) is 7.92. The number of benzene rings is 1. The first-order valence-electron chi connectivity index (χ1n) is 9.81. The average molecular weight is 416 g/mol. The minimum absolute atomic E-state index is 0.00389. The van der Waals surface area contributed by atoms with Crippen molar-refractivity contribution < 1.29 is 22.7 Å². The number of amides is 1. The third kappa shape index (κ3) is 3.38. The van der Waals surface area contributed by atoms with Gasteiger partial charge < -0.3 is 9.64 Å². The van der Waals surface area contributed by atoms with Gasteiger partial charge >= 0.3 is 6.36 Å². The summed E-state index contributed by atoms with van der Waals surface area (Å²) in [6.07, 6.45) is 1.68. The fourth-order valence-corrected chi connectivity index (χ4v) is 4.90. The Labute approximate surface area is 170 Å². The molecule has 1 aliphatic carbocycles. The summed E-state index contributed by atoms with van der Waals surface area (Å²) in [6, 6.07) is 8.11. The molecule has 1 saturated heterocycles. The zero-order chi connectivity index (χ0) is 20.9. The van der Waals surface area contributed by atoms with Crippen LogP contribution in [0.25, 0.3) is 5.78 Å². The molecule has 5 rings (SSSR count). The molecular weight excluding hydrogens is 397 g/mol. The second kappa shape index (κ2) is 7.00. The van der Waals surface area contributed by atoms with Crippen LogP contribution in [0, 0.1) is 11.8 Å². The maximum absolute atomic E-state index is 13.0. The summed E-state index contributed by atoms with van der Waals surface area (Å²) in [6.45, 7) is 1.19. The van der Waals surface area contributed by atoms with Gasteiger partial charge in [-0.2, -0.15) is 0 Å². The number of likely N-dealkylation sites (tertiary alicyclic amines) is 1. The van der Waals surface area contributed by atoms with Gasteiger partial charge in [0, 0.05) is 25.5 Å². The van der Waals surface area contributed by atoms with Crippen molar-refractivity contribution >= 4 is 11.7 Å². The lowest BCUT2D eigenvalue weighted by molar-refractivity contribution is -0.275. The molecular formula is C21H19F3N4O2. The number of rotatable bonds is 3. The van der Waals surface area contributed by atoms with Gasteiger partial charge in [0.2, 0.25) is 5.78 Å². The standard InChI is InChI=1S/C21H19F3N4O2/c22-21(23,24)30-18-5-2-1-4-16(18)13-8-14-11-27(12-15(14)9-13)19(29)17-10-26-20-25-6-3-7-28(17)20/h1-7,10,13-15H,8-9,11-12H2/t13?,14-,15+. The van der Waals surface area contributed by atoms with Gasteiger partial charge in [-0.15, -0.1) is 13.2 Å². The summed E-state index contributed by atoms with van der Waals surface area (Å²) in [5.74, 6) is 0.770. The average Bonchev–Trinajstić information content (AvgIpc) is 3.39. The van der Waals surface area contributed by atoms with Crippen LogP contribution in [-0.4, -0.2) is 44.6 Å². The van der Waals surface area contributed by atoms with Crippen LogP contribution >= 0.6 is 0 Å². The van der Waals surface area contributed by atoms with Crippen LogP contribution < -0.4 is 4.74 Å². The van der Waals surface area contributed by atoms with E-state index in [-0.39, 0.29) is 29.4 Å². The molecule has 0 spiro atoms. The van der Waals surface area contributed by atoms with Gasteiger partial charge in [-0.25, -0.2) is 9.97 Å². The van der Waals surface area contributed by atoms with E-state index < -0.39 is 6.36 Å². The van der Waals surface area contributed by atoms with Crippen molar-refractivity contribution in [2.75, 3.05) is 13.1 Å². The SMILES string of the molecule is O=C(c1cnc2ncccn12)N1C[C@H]2CC(c3ccccc3OC(F)(F)F)C[C@H]2C1. The second-order valence-electron chi connectivity index (χ2n) is 7.92. The normalized spacial score (nSPS) is 23.7. The van der Waals surface area contributed by atoms with Crippen LogP contribution in [0.4, 0.5) is 13.2 Å². The number of ether oxygens (including phenoxy) is 1. The topological polar surface area (TPSA) is 59.7 Å². The number of carbonyl (C=O) groups excluding carboxylic acids is 1. The zero-order valence-corrected chi connectivity index (χ0v) is 15.9. The number of fused-ring (bicyclic) bond motifs is 2. The summed E-state index contributed by atoms with van der Waals surface area (Å²) in [5.41, 5.74) is 1.06. The summed E-state index contributed by atoms with van der Waals surface area (Å²) >= 11 is 0. The number of para-hydroxylation sites is 1. The van der Waals surface area contributed by atoms with Crippen LogP contribution in [0.1, 0.15) is 34.8 Å². The summed E-state index contributed by atoms with van der Waals surface area (Å²) in [7, 11) is 0. The Balaban J connectivity index is 1.30. The Kier molecular flexibility index (Phi) is 4.41. The fraction of sp³-hybridized carbons (Fsp3) is 0.381. The number of alkyl halides is 3. The molecule has 2 aromatic heterocycles. The van der Waals surface area contributed by atoms with Gasteiger partial charge in [-0.3, -0.25) is 9.20 Å². The van der Waals surface area contributed by atoms with E-state index in [0.29, 0.717) is 30.1 Å². The Morgan fingerprint density at radius 3 is 2.53 bits per heavy atom. The lowest BCUT2D eigenvalue weighted by Gasteiger charge is -2.21. The Morgan fingerprint density at radius 1 is 1.07 bits per heavy atom. The van der Waals surface area contributed by atoms with E-state index >= 15 is 0 Å². The molecule has 9 heteroatoms. The lowest BCUT2D eigenvalue weighted by atomic mass is 9.95. The molecule has 3 atom stereocenters. The van der Waals surface area contributed by atoms with Gasteiger partial charge in [0.05, 0.1) is 6.20 Å². The molecule has 1 amide bonds. The van der Waals surface area contributed by atoms with Gasteiger partial charge in [0.25, 0.3) is 5.91 Å². The van der Waals surface area contributed by atoms with E-state index in [4.69, 9.17) is 0 Å². The number of nitrogens with zero attached hydrogens (tertiary/aromatic N) is 4. The highest BCUT2D eigenvalue weighted by Gasteiger charge is 2.44. The molecule has 1 unspecified atom stereocenters. The van der Waals surface area contributed by atoms with Crippen molar-refractivity contribution in [3.63, 3.8) is 0 Å². The van der Waals surface area contributed by atoms with E-state index in [1.54, 1.807) is 41.1 Å². The minimum atomic E-state index is -4.71. The highest BCUT2D eigenvalue weighted by atomic mass is 19.4. The van der Waals surface area contributed by atoms with Crippen LogP contribution in [0.3, 0.4) is 0 Å². The molecule has 1 aliphatic heterocycles. The largest absolute Gasteiger partial charge is 0.573 e. The molecule has 156 valence electrons. The molecule has 1 saturated carbocycles. The molecule has 0 N–H and O–H groups in total. The molecule has 2 fully saturated rings. The molecule has 1 aromatic carbocycles. The summed E-state index contributed by atoms with van der Waals surface area (Å²) in [4.78, 5) is 23.1. The molecule has 0 radical (unpaired) electrons. The van der Waals surface area contributed by atoms with E-state index in [1.165, 1.54) is 12.3 Å². The molecule has 2 aliphatic rings. The Hall–Kier alpha value is -3.10. The van der Waals surface area contributed by atoms with Gasteiger partial charge in [-0.1, -0.05) is 18.2 Å². The monoisotopic (exact) mass is 416 g/mol.